The molecule has 0 fully saturated rings. The highest BCUT2D eigenvalue weighted by molar-refractivity contribution is 7.98. The zero-order chi connectivity index (χ0) is 10.2. The van der Waals surface area contributed by atoms with Crippen LogP contribution in [0.1, 0.15) is 12.8 Å². The van der Waals surface area contributed by atoms with Crippen molar-refractivity contribution in [1.29, 1.82) is 0 Å². The van der Waals surface area contributed by atoms with Crippen molar-refractivity contribution >= 4 is 11.8 Å². The highest BCUT2D eigenvalue weighted by atomic mass is 32.2. The van der Waals surface area contributed by atoms with E-state index in [1.807, 2.05) is 6.26 Å². The van der Waals surface area contributed by atoms with E-state index in [0.717, 1.165) is 18.6 Å². The van der Waals surface area contributed by atoms with Crippen molar-refractivity contribution in [1.82, 2.24) is 5.48 Å². The average Bonchev–Trinajstić information content (AvgIpc) is 2.01. The molecule has 0 rings (SSSR count). The van der Waals surface area contributed by atoms with Crippen LogP contribution >= 0.6 is 11.8 Å². The Labute approximate surface area is 80.2 Å². The van der Waals surface area contributed by atoms with Gasteiger partial charge in [-0.15, -0.1) is 0 Å². The van der Waals surface area contributed by atoms with Crippen LogP contribution in [0.25, 0.3) is 0 Å². The van der Waals surface area contributed by atoms with Crippen LogP contribution in [0.2, 0.25) is 0 Å². The fraction of sp³-hybridized carbons (Fsp3) is 1.00. The second kappa shape index (κ2) is 7.46. The molecule has 6 heteroatoms. The molecule has 0 aromatic heterocycles. The number of nitrogens with one attached hydrogen (secondary N) is 1. The van der Waals surface area contributed by atoms with Gasteiger partial charge in [0.25, 0.3) is 0 Å². The zero-order valence-electron chi connectivity index (χ0n) is 7.49. The summed E-state index contributed by atoms with van der Waals surface area (Å²) in [5.41, 5.74) is 2.27. The third-order valence-electron chi connectivity index (χ3n) is 1.22. The molecule has 0 atom stereocenters. The van der Waals surface area contributed by atoms with Crippen LogP contribution in [0.3, 0.4) is 0 Å². The van der Waals surface area contributed by atoms with E-state index in [1.54, 1.807) is 11.8 Å². The van der Waals surface area contributed by atoms with Crippen LogP contribution < -0.4 is 5.48 Å². The van der Waals surface area contributed by atoms with Crippen molar-refractivity contribution in [3.8, 4) is 0 Å². The highest BCUT2D eigenvalue weighted by Gasteiger charge is 2.27. The van der Waals surface area contributed by atoms with Gasteiger partial charge in [-0.25, -0.2) is 5.48 Å². The number of halogens is 3. The molecule has 13 heavy (non-hydrogen) atoms. The van der Waals surface area contributed by atoms with Crippen LogP contribution in [-0.2, 0) is 4.84 Å². The standard InChI is InChI=1S/C7H14F3NOS/c1-13-5-3-2-4-11-12-6-7(8,9)10/h11H,2-6H2,1H3. The fourth-order valence-corrected chi connectivity index (χ4v) is 1.14. The van der Waals surface area contributed by atoms with Gasteiger partial charge in [-0.2, -0.15) is 24.9 Å². The van der Waals surface area contributed by atoms with Gasteiger partial charge in [0.05, 0.1) is 0 Å². The van der Waals surface area contributed by atoms with Gasteiger partial charge in [0.1, 0.15) is 0 Å². The van der Waals surface area contributed by atoms with Gasteiger partial charge in [-0.1, -0.05) is 0 Å². The number of thioether (sulfide) groups is 1. The van der Waals surface area contributed by atoms with Gasteiger partial charge in [-0.3, -0.25) is 4.84 Å². The van der Waals surface area contributed by atoms with E-state index in [4.69, 9.17) is 0 Å². The van der Waals surface area contributed by atoms with Crippen molar-refractivity contribution in [2.75, 3.05) is 25.2 Å². The van der Waals surface area contributed by atoms with E-state index in [2.05, 4.69) is 10.3 Å². The van der Waals surface area contributed by atoms with Crippen LogP contribution in [0, 0.1) is 0 Å². The molecule has 0 saturated heterocycles. The number of unbranched alkanes of at least 4 members (excludes halogenated alkanes) is 1. The monoisotopic (exact) mass is 217 g/mol. The first-order valence-electron chi connectivity index (χ1n) is 3.96. The van der Waals surface area contributed by atoms with Crippen LogP contribution in [0.4, 0.5) is 13.2 Å². The molecule has 0 radical (unpaired) electrons. The van der Waals surface area contributed by atoms with Gasteiger partial charge >= 0.3 is 6.18 Å². The van der Waals surface area contributed by atoms with E-state index in [-0.39, 0.29) is 0 Å². The second-order valence-electron chi connectivity index (χ2n) is 2.50. The SMILES string of the molecule is CSCCCCNOCC(F)(F)F. The molecular weight excluding hydrogens is 203 g/mol. The number of hydrogen-bond acceptors (Lipinski definition) is 3. The Kier molecular flexibility index (Phi) is 7.50. The Bertz CT molecular complexity index is 121. The molecule has 1 N–H and O–H groups in total. The molecule has 0 amide bonds. The normalized spacial score (nSPS) is 12.0. The van der Waals surface area contributed by atoms with Crippen molar-refractivity contribution in [3.63, 3.8) is 0 Å². The van der Waals surface area contributed by atoms with Gasteiger partial charge in [-0.05, 0) is 24.9 Å². The van der Waals surface area contributed by atoms with Gasteiger partial charge < -0.3 is 0 Å². The molecule has 2 nitrogen and oxygen atoms in total. The van der Waals surface area contributed by atoms with Crippen molar-refractivity contribution in [2.24, 2.45) is 0 Å². The second-order valence-corrected chi connectivity index (χ2v) is 3.48. The molecule has 0 aromatic carbocycles. The van der Waals surface area contributed by atoms with Gasteiger partial charge in [0.2, 0.25) is 0 Å². The third kappa shape index (κ3) is 12.1. The summed E-state index contributed by atoms with van der Waals surface area (Å²) in [6.07, 6.45) is -0.428. The lowest BCUT2D eigenvalue weighted by Crippen LogP contribution is -2.25. The molecule has 0 aromatic rings. The molecule has 0 aliphatic heterocycles. The average molecular weight is 217 g/mol. The van der Waals surface area contributed by atoms with Crippen LogP contribution in [0.5, 0.6) is 0 Å². The maximum absolute atomic E-state index is 11.5. The smallest absolute Gasteiger partial charge is 0.292 e. The molecule has 0 aliphatic carbocycles. The van der Waals surface area contributed by atoms with Crippen LogP contribution in [0.15, 0.2) is 0 Å². The first kappa shape index (κ1) is 13.1. The number of alkyl halides is 3. The summed E-state index contributed by atoms with van der Waals surface area (Å²) >= 11 is 1.72. The maximum Gasteiger partial charge on any atom is 0.413 e. The quantitative estimate of drug-likeness (QED) is 0.522. The van der Waals surface area contributed by atoms with E-state index in [9.17, 15) is 13.2 Å². The van der Waals surface area contributed by atoms with Crippen molar-refractivity contribution < 1.29 is 18.0 Å². The first-order valence-corrected chi connectivity index (χ1v) is 5.36. The fourth-order valence-electron chi connectivity index (χ4n) is 0.649. The van der Waals surface area contributed by atoms with Gasteiger partial charge in [0.15, 0.2) is 6.61 Å². The summed E-state index contributed by atoms with van der Waals surface area (Å²) in [7, 11) is 0. The van der Waals surface area contributed by atoms with Crippen molar-refractivity contribution in [3.05, 3.63) is 0 Å². The minimum absolute atomic E-state index is 0.469. The highest BCUT2D eigenvalue weighted by Crippen LogP contribution is 2.13. The molecule has 0 spiro atoms. The van der Waals surface area contributed by atoms with Crippen LogP contribution in [-0.4, -0.2) is 31.3 Å². The summed E-state index contributed by atoms with van der Waals surface area (Å²) in [4.78, 5) is 4.20. The largest absolute Gasteiger partial charge is 0.413 e. The Morgan fingerprint density at radius 3 is 2.54 bits per heavy atom. The minimum Gasteiger partial charge on any atom is -0.292 e. The topological polar surface area (TPSA) is 21.3 Å². The predicted octanol–water partition coefficient (Wildman–Crippen LogP) is 2.21. The first-order chi connectivity index (χ1) is 6.06. The molecular formula is C7H14F3NOS. The molecule has 80 valence electrons. The van der Waals surface area contributed by atoms with E-state index >= 15 is 0 Å². The Balaban J connectivity index is 3.00. The van der Waals surface area contributed by atoms with E-state index < -0.39 is 12.8 Å². The lowest BCUT2D eigenvalue weighted by Gasteiger charge is -2.07. The van der Waals surface area contributed by atoms with Gasteiger partial charge in [0, 0.05) is 6.54 Å². The predicted molar refractivity (Wildman–Crippen MR) is 47.6 cm³/mol. The number of rotatable bonds is 7. The number of hydroxylamine groups is 1. The number of hydrogen-bond donors (Lipinski definition) is 1. The molecule has 0 heterocycles. The summed E-state index contributed by atoms with van der Waals surface area (Å²) in [6, 6.07) is 0. The third-order valence-corrected chi connectivity index (χ3v) is 1.91. The Morgan fingerprint density at radius 2 is 2.00 bits per heavy atom. The van der Waals surface area contributed by atoms with Crippen molar-refractivity contribution in [2.45, 2.75) is 19.0 Å². The Morgan fingerprint density at radius 1 is 1.31 bits per heavy atom. The van der Waals surface area contributed by atoms with E-state index in [1.165, 1.54) is 0 Å². The molecule has 0 saturated carbocycles. The lowest BCUT2D eigenvalue weighted by atomic mass is 10.3. The summed E-state index contributed by atoms with van der Waals surface area (Å²) in [5.74, 6) is 1.03. The summed E-state index contributed by atoms with van der Waals surface area (Å²) in [5, 5.41) is 0. The Hall–Kier alpha value is 0.0600. The molecule has 0 unspecified atom stereocenters. The lowest BCUT2D eigenvalue weighted by molar-refractivity contribution is -0.189. The molecule has 0 bridgehead atoms. The van der Waals surface area contributed by atoms with E-state index in [0.29, 0.717) is 6.54 Å². The summed E-state index contributed by atoms with van der Waals surface area (Å²) < 4.78 is 34.6. The molecule has 0 aliphatic rings. The summed E-state index contributed by atoms with van der Waals surface area (Å²) in [6.45, 7) is -0.758. The zero-order valence-corrected chi connectivity index (χ0v) is 8.30. The minimum atomic E-state index is -4.24. The maximum atomic E-state index is 11.5.